The molecule has 2 aromatic rings. The third-order valence-electron chi connectivity index (χ3n) is 4.90. The smallest absolute Gasteiger partial charge is 0.365 e. The van der Waals surface area contributed by atoms with Crippen molar-refractivity contribution in [2.75, 3.05) is 16.5 Å². The second-order valence-electron chi connectivity index (χ2n) is 7.17. The van der Waals surface area contributed by atoms with E-state index >= 15 is 0 Å². The van der Waals surface area contributed by atoms with Gasteiger partial charge in [-0.25, -0.2) is 9.80 Å². The molecule has 0 bridgehead atoms. The van der Waals surface area contributed by atoms with E-state index in [-0.39, 0.29) is 17.4 Å². The molecule has 0 fully saturated rings. The van der Waals surface area contributed by atoms with Crippen LogP contribution in [-0.2, 0) is 14.3 Å². The molecule has 0 aliphatic carbocycles. The normalized spacial score (nSPS) is 20.5. The number of rotatable bonds is 5. The molecule has 0 N–H and O–H groups in total. The molecule has 0 saturated heterocycles. The van der Waals surface area contributed by atoms with Crippen molar-refractivity contribution in [3.63, 3.8) is 0 Å². The molecule has 0 radical (unpaired) electrons. The fourth-order valence-electron chi connectivity index (χ4n) is 3.63. The maximum atomic E-state index is 12.7. The number of thioether (sulfide) groups is 2. The molecule has 2 aliphatic rings. The number of ketones is 1. The number of para-hydroxylation sites is 1. The van der Waals surface area contributed by atoms with E-state index in [1.807, 2.05) is 73.5 Å². The third kappa shape index (κ3) is 3.74. The lowest BCUT2D eigenvalue weighted by Crippen LogP contribution is -2.49. The van der Waals surface area contributed by atoms with Gasteiger partial charge in [0.1, 0.15) is 0 Å². The molecule has 160 valence electrons. The highest BCUT2D eigenvalue weighted by atomic mass is 32.2. The zero-order valence-corrected chi connectivity index (χ0v) is 19.4. The van der Waals surface area contributed by atoms with Crippen molar-refractivity contribution in [2.24, 2.45) is 5.10 Å². The summed E-state index contributed by atoms with van der Waals surface area (Å²) in [5.74, 6) is -0.487. The van der Waals surface area contributed by atoms with E-state index in [4.69, 9.17) is 9.84 Å². The SMILES string of the molecule is CCOC(=O)C1=NN(c2cccc(C)c2)[C@]2(S1)SC(C(C)=O)=C(C)N2c1ccccc1. The van der Waals surface area contributed by atoms with Crippen molar-refractivity contribution in [2.45, 2.75) is 32.0 Å². The van der Waals surface area contributed by atoms with Gasteiger partial charge in [0.2, 0.25) is 9.37 Å². The van der Waals surface area contributed by atoms with Crippen LogP contribution in [0.15, 0.2) is 70.3 Å². The van der Waals surface area contributed by atoms with Crippen molar-refractivity contribution in [3.05, 3.63) is 70.8 Å². The van der Waals surface area contributed by atoms with Crippen LogP contribution in [0, 0.1) is 6.92 Å². The zero-order valence-electron chi connectivity index (χ0n) is 17.8. The summed E-state index contributed by atoms with van der Waals surface area (Å²) in [7, 11) is 0. The molecule has 2 heterocycles. The summed E-state index contributed by atoms with van der Waals surface area (Å²) < 4.78 is 4.35. The van der Waals surface area contributed by atoms with Gasteiger partial charge in [0.15, 0.2) is 5.78 Å². The van der Waals surface area contributed by atoms with Gasteiger partial charge in [-0.15, -0.1) is 0 Å². The van der Waals surface area contributed by atoms with Gasteiger partial charge in [0, 0.05) is 11.4 Å². The number of anilines is 2. The summed E-state index contributed by atoms with van der Waals surface area (Å²) in [5.41, 5.74) is 3.64. The highest BCUT2D eigenvalue weighted by molar-refractivity contribution is 8.29. The Labute approximate surface area is 190 Å². The van der Waals surface area contributed by atoms with Gasteiger partial charge >= 0.3 is 5.97 Å². The fraction of sp³-hybridized carbons (Fsp3) is 0.261. The molecule has 1 atom stereocenters. The predicted octanol–water partition coefficient (Wildman–Crippen LogP) is 5.11. The van der Waals surface area contributed by atoms with E-state index in [9.17, 15) is 9.59 Å². The quantitative estimate of drug-likeness (QED) is 0.583. The second kappa shape index (κ2) is 8.43. The van der Waals surface area contributed by atoms with Crippen LogP contribution in [0.3, 0.4) is 0 Å². The summed E-state index contributed by atoms with van der Waals surface area (Å²) in [6, 6.07) is 17.8. The number of allylic oxidation sites excluding steroid dienone is 2. The van der Waals surface area contributed by atoms with Crippen molar-refractivity contribution < 1.29 is 14.3 Å². The van der Waals surface area contributed by atoms with E-state index in [0.29, 0.717) is 4.91 Å². The number of esters is 1. The summed E-state index contributed by atoms with van der Waals surface area (Å²) in [4.78, 5) is 27.9. The van der Waals surface area contributed by atoms with Gasteiger partial charge in [-0.3, -0.25) is 4.79 Å². The topological polar surface area (TPSA) is 62.2 Å². The summed E-state index contributed by atoms with van der Waals surface area (Å²) >= 11 is 2.71. The van der Waals surface area contributed by atoms with Crippen LogP contribution in [0.5, 0.6) is 0 Å². The summed E-state index contributed by atoms with van der Waals surface area (Å²) in [6.07, 6.45) is 0. The van der Waals surface area contributed by atoms with E-state index in [1.54, 1.807) is 13.8 Å². The molecule has 6 nitrogen and oxygen atoms in total. The molecule has 2 aliphatic heterocycles. The number of ether oxygens (including phenoxy) is 1. The van der Waals surface area contributed by atoms with E-state index in [2.05, 4.69) is 4.90 Å². The number of hydrazone groups is 1. The average molecular weight is 454 g/mol. The monoisotopic (exact) mass is 453 g/mol. The Morgan fingerprint density at radius 2 is 1.74 bits per heavy atom. The second-order valence-corrected chi connectivity index (χ2v) is 9.77. The Morgan fingerprint density at radius 1 is 1.03 bits per heavy atom. The number of aryl methyl sites for hydroxylation is 1. The molecular weight excluding hydrogens is 430 g/mol. The molecule has 31 heavy (non-hydrogen) atoms. The minimum Gasteiger partial charge on any atom is -0.461 e. The molecular formula is C23H23N3O3S2. The number of hydrogen-bond acceptors (Lipinski definition) is 8. The Hall–Kier alpha value is -2.71. The van der Waals surface area contributed by atoms with Crippen LogP contribution in [0.25, 0.3) is 0 Å². The van der Waals surface area contributed by atoms with Crippen molar-refractivity contribution in [1.29, 1.82) is 0 Å². The predicted molar refractivity (Wildman–Crippen MR) is 128 cm³/mol. The Morgan fingerprint density at radius 3 is 2.39 bits per heavy atom. The first-order chi connectivity index (χ1) is 14.9. The van der Waals surface area contributed by atoms with Gasteiger partial charge < -0.3 is 9.64 Å². The molecule has 2 aromatic carbocycles. The van der Waals surface area contributed by atoms with E-state index < -0.39 is 10.3 Å². The van der Waals surface area contributed by atoms with Gasteiger partial charge in [0.25, 0.3) is 0 Å². The van der Waals surface area contributed by atoms with Gasteiger partial charge in [-0.2, -0.15) is 5.10 Å². The van der Waals surface area contributed by atoms with E-state index in [1.165, 1.54) is 23.5 Å². The summed E-state index contributed by atoms with van der Waals surface area (Å²) in [6.45, 7) is 7.55. The maximum Gasteiger partial charge on any atom is 0.365 e. The van der Waals surface area contributed by atoms with Crippen LogP contribution in [0.2, 0.25) is 0 Å². The standard InChI is InChI=1S/C23H23N3O3S2/c1-5-29-22(28)21-24-26(19-13-9-10-15(2)14-19)23(31-21)25(18-11-7-6-8-12-18)16(3)20(30-23)17(4)27/h6-14H,5H2,1-4H3/t23-/m0/s1. The fourth-order valence-corrected chi connectivity index (χ4v) is 6.58. The molecule has 8 heteroatoms. The lowest BCUT2D eigenvalue weighted by molar-refractivity contribution is -0.134. The number of nitrogens with zero attached hydrogens (tertiary/aromatic N) is 3. The molecule has 0 aromatic heterocycles. The molecule has 0 amide bonds. The third-order valence-corrected chi connectivity index (χ3v) is 7.87. The van der Waals surface area contributed by atoms with Gasteiger partial charge in [0.05, 0.1) is 17.2 Å². The number of Topliss-reactive ketones (excluding diaryl/α,β-unsaturated/α-hetero) is 1. The van der Waals surface area contributed by atoms with Crippen LogP contribution in [0.4, 0.5) is 11.4 Å². The first kappa shape index (κ1) is 21.5. The lowest BCUT2D eigenvalue weighted by atomic mass is 10.2. The summed E-state index contributed by atoms with van der Waals surface area (Å²) in [5, 5.41) is 6.78. The number of hydrogen-bond donors (Lipinski definition) is 0. The van der Waals surface area contributed by atoms with E-state index in [0.717, 1.165) is 22.6 Å². The number of benzene rings is 2. The molecule has 0 unspecified atom stereocenters. The van der Waals surface area contributed by atoms with Crippen molar-refractivity contribution >= 4 is 51.7 Å². The Kier molecular flexibility index (Phi) is 5.85. The Bertz CT molecular complexity index is 1100. The van der Waals surface area contributed by atoms with Crippen LogP contribution in [0.1, 0.15) is 26.3 Å². The average Bonchev–Trinajstić information content (AvgIpc) is 3.27. The minimum absolute atomic E-state index is 0.0188. The first-order valence-corrected chi connectivity index (χ1v) is 11.6. The maximum absolute atomic E-state index is 12.7. The number of carbonyl (C=O) groups is 2. The van der Waals surface area contributed by atoms with Crippen molar-refractivity contribution in [1.82, 2.24) is 0 Å². The van der Waals surface area contributed by atoms with Crippen LogP contribution >= 0.6 is 23.5 Å². The van der Waals surface area contributed by atoms with Crippen LogP contribution < -0.4 is 9.91 Å². The highest BCUT2D eigenvalue weighted by Gasteiger charge is 2.57. The van der Waals surface area contributed by atoms with Gasteiger partial charge in [-0.05, 0) is 69.3 Å². The van der Waals surface area contributed by atoms with Gasteiger partial charge in [-0.1, -0.05) is 42.1 Å². The lowest BCUT2D eigenvalue weighted by Gasteiger charge is -2.41. The van der Waals surface area contributed by atoms with Crippen molar-refractivity contribution in [3.8, 4) is 0 Å². The Balaban J connectivity index is 1.90. The van der Waals surface area contributed by atoms with Crippen LogP contribution in [-0.4, -0.2) is 27.7 Å². The largest absolute Gasteiger partial charge is 0.461 e. The highest BCUT2D eigenvalue weighted by Crippen LogP contribution is 2.60. The molecule has 0 saturated carbocycles. The molecule has 4 rings (SSSR count). The number of carbonyl (C=O) groups excluding carboxylic acids is 2. The minimum atomic E-state index is -0.900. The molecule has 1 spiro atoms. The zero-order chi connectivity index (χ0) is 22.2. The first-order valence-electron chi connectivity index (χ1n) is 9.95.